The highest BCUT2D eigenvalue weighted by molar-refractivity contribution is 5.74. The summed E-state index contributed by atoms with van der Waals surface area (Å²) >= 11 is 0. The molecule has 1 aliphatic rings. The molecule has 0 heterocycles. The first-order valence-electron chi connectivity index (χ1n) is 8.57. The number of carbonyl (C=O) groups excluding carboxylic acids is 1. The third kappa shape index (κ3) is 4.37. The molecular formula is C20H23FN2O2. The van der Waals surface area contributed by atoms with Gasteiger partial charge in [-0.15, -0.1) is 0 Å². The Bertz CT molecular complexity index is 717. The van der Waals surface area contributed by atoms with Gasteiger partial charge in [-0.25, -0.2) is 9.18 Å². The van der Waals surface area contributed by atoms with Crippen molar-refractivity contribution >= 4 is 6.03 Å². The van der Waals surface area contributed by atoms with Gasteiger partial charge in [-0.05, 0) is 36.1 Å². The smallest absolute Gasteiger partial charge is 0.317 e. The van der Waals surface area contributed by atoms with E-state index in [0.29, 0.717) is 13.1 Å². The van der Waals surface area contributed by atoms with Gasteiger partial charge in [0.15, 0.2) is 0 Å². The van der Waals surface area contributed by atoms with Crippen LogP contribution in [0.15, 0.2) is 54.6 Å². The lowest BCUT2D eigenvalue weighted by Crippen LogP contribution is -2.43. The van der Waals surface area contributed by atoms with Crippen LogP contribution in [0.1, 0.15) is 24.0 Å². The van der Waals surface area contributed by atoms with Gasteiger partial charge in [0.25, 0.3) is 0 Å². The SMILES string of the molecule is O=C(NCC1(c2cccc(F)c2)CC1)N(CCO)Cc1ccccc1. The zero-order chi connectivity index (χ0) is 17.7. The number of aliphatic hydroxyl groups excluding tert-OH is 1. The number of urea groups is 1. The average Bonchev–Trinajstić information content (AvgIpc) is 3.41. The quantitative estimate of drug-likeness (QED) is 0.812. The lowest BCUT2D eigenvalue weighted by atomic mass is 9.96. The Balaban J connectivity index is 1.62. The molecule has 0 spiro atoms. The number of halogens is 1. The summed E-state index contributed by atoms with van der Waals surface area (Å²) in [4.78, 5) is 14.1. The molecule has 0 saturated heterocycles. The second kappa shape index (κ2) is 7.66. The Morgan fingerprint density at radius 3 is 2.56 bits per heavy atom. The van der Waals surface area contributed by atoms with Crippen molar-refractivity contribution in [2.45, 2.75) is 24.8 Å². The fraction of sp³-hybridized carbons (Fsp3) is 0.350. The molecule has 0 aliphatic heterocycles. The molecule has 0 bridgehead atoms. The van der Waals surface area contributed by atoms with Crippen molar-refractivity contribution in [1.29, 1.82) is 0 Å². The number of benzene rings is 2. The molecule has 1 saturated carbocycles. The number of carbonyl (C=O) groups is 1. The maximum Gasteiger partial charge on any atom is 0.317 e. The van der Waals surface area contributed by atoms with E-state index in [9.17, 15) is 14.3 Å². The fourth-order valence-corrected chi connectivity index (χ4v) is 3.07. The maximum atomic E-state index is 13.5. The Morgan fingerprint density at radius 2 is 1.92 bits per heavy atom. The number of nitrogens with one attached hydrogen (secondary N) is 1. The third-order valence-electron chi connectivity index (χ3n) is 4.74. The number of aliphatic hydroxyl groups is 1. The topological polar surface area (TPSA) is 52.6 Å². The molecular weight excluding hydrogens is 319 g/mol. The Kier molecular flexibility index (Phi) is 5.34. The molecule has 3 rings (SSSR count). The summed E-state index contributed by atoms with van der Waals surface area (Å²) in [7, 11) is 0. The summed E-state index contributed by atoms with van der Waals surface area (Å²) in [5, 5.41) is 12.2. The molecule has 0 atom stereocenters. The minimum Gasteiger partial charge on any atom is -0.395 e. The van der Waals surface area contributed by atoms with Crippen LogP contribution in [0.2, 0.25) is 0 Å². The first-order valence-corrected chi connectivity index (χ1v) is 8.57. The molecule has 1 fully saturated rings. The predicted molar refractivity (Wildman–Crippen MR) is 94.6 cm³/mol. The normalized spacial score (nSPS) is 14.8. The zero-order valence-electron chi connectivity index (χ0n) is 14.1. The highest BCUT2D eigenvalue weighted by atomic mass is 19.1. The molecule has 5 heteroatoms. The van der Waals surface area contributed by atoms with Crippen LogP contribution in [-0.4, -0.2) is 35.7 Å². The lowest BCUT2D eigenvalue weighted by molar-refractivity contribution is 0.173. The molecule has 0 aromatic heterocycles. The molecule has 2 aromatic carbocycles. The van der Waals surface area contributed by atoms with E-state index in [2.05, 4.69) is 5.32 Å². The summed E-state index contributed by atoms with van der Waals surface area (Å²) < 4.78 is 13.5. The van der Waals surface area contributed by atoms with Crippen LogP contribution in [0, 0.1) is 5.82 Å². The van der Waals surface area contributed by atoms with Crippen LogP contribution in [0.3, 0.4) is 0 Å². The molecule has 0 radical (unpaired) electrons. The van der Waals surface area contributed by atoms with Crippen molar-refractivity contribution in [2.24, 2.45) is 0 Å². The van der Waals surface area contributed by atoms with E-state index < -0.39 is 0 Å². The van der Waals surface area contributed by atoms with E-state index in [4.69, 9.17) is 0 Å². The Hall–Kier alpha value is -2.40. The second-order valence-corrected chi connectivity index (χ2v) is 6.58. The van der Waals surface area contributed by atoms with Crippen molar-refractivity contribution in [3.05, 3.63) is 71.5 Å². The Morgan fingerprint density at radius 1 is 1.16 bits per heavy atom. The standard InChI is InChI=1S/C20H23FN2O2/c21-18-8-4-7-17(13-18)20(9-10-20)15-22-19(25)23(11-12-24)14-16-5-2-1-3-6-16/h1-8,13,24H,9-12,14-15H2,(H,22,25). The number of hydrogen-bond donors (Lipinski definition) is 2. The number of amides is 2. The number of nitrogens with zero attached hydrogens (tertiary/aromatic N) is 1. The van der Waals surface area contributed by atoms with Gasteiger partial charge in [0, 0.05) is 25.0 Å². The maximum absolute atomic E-state index is 13.5. The first-order chi connectivity index (χ1) is 12.1. The molecule has 1 aliphatic carbocycles. The molecule has 2 aromatic rings. The van der Waals surface area contributed by atoms with Crippen molar-refractivity contribution in [3.63, 3.8) is 0 Å². The lowest BCUT2D eigenvalue weighted by Gasteiger charge is -2.24. The van der Waals surface area contributed by atoms with Gasteiger partial charge in [0.1, 0.15) is 5.82 Å². The Labute approximate surface area is 147 Å². The fourth-order valence-electron chi connectivity index (χ4n) is 3.07. The van der Waals surface area contributed by atoms with Gasteiger partial charge >= 0.3 is 6.03 Å². The van der Waals surface area contributed by atoms with Gasteiger partial charge in [-0.1, -0.05) is 42.5 Å². The minimum atomic E-state index is -0.249. The summed E-state index contributed by atoms with van der Waals surface area (Å²) in [6.07, 6.45) is 1.88. The molecule has 25 heavy (non-hydrogen) atoms. The largest absolute Gasteiger partial charge is 0.395 e. The molecule has 2 N–H and O–H groups in total. The second-order valence-electron chi connectivity index (χ2n) is 6.58. The first kappa shape index (κ1) is 17.4. The molecule has 0 unspecified atom stereocenters. The molecule has 132 valence electrons. The monoisotopic (exact) mass is 342 g/mol. The van der Waals surface area contributed by atoms with E-state index in [1.54, 1.807) is 17.0 Å². The van der Waals surface area contributed by atoms with E-state index >= 15 is 0 Å². The van der Waals surface area contributed by atoms with Crippen LogP contribution in [0.5, 0.6) is 0 Å². The highest BCUT2D eigenvalue weighted by Crippen LogP contribution is 2.47. The van der Waals surface area contributed by atoms with Crippen LogP contribution < -0.4 is 5.32 Å². The van der Waals surface area contributed by atoms with Crippen LogP contribution in [-0.2, 0) is 12.0 Å². The van der Waals surface area contributed by atoms with E-state index in [-0.39, 0.29) is 30.4 Å². The van der Waals surface area contributed by atoms with Crippen molar-refractivity contribution in [3.8, 4) is 0 Å². The van der Waals surface area contributed by atoms with Gasteiger partial charge < -0.3 is 15.3 Å². The number of rotatable bonds is 7. The number of hydrogen-bond acceptors (Lipinski definition) is 2. The van der Waals surface area contributed by atoms with Crippen LogP contribution in [0.4, 0.5) is 9.18 Å². The van der Waals surface area contributed by atoms with Crippen LogP contribution in [0.25, 0.3) is 0 Å². The summed E-state index contributed by atoms with van der Waals surface area (Å²) in [6.45, 7) is 1.11. The average molecular weight is 342 g/mol. The highest BCUT2D eigenvalue weighted by Gasteiger charge is 2.44. The predicted octanol–water partition coefficient (Wildman–Crippen LogP) is 3.06. The van der Waals surface area contributed by atoms with Gasteiger partial charge in [0.2, 0.25) is 0 Å². The van der Waals surface area contributed by atoms with Gasteiger partial charge in [-0.2, -0.15) is 0 Å². The summed E-state index contributed by atoms with van der Waals surface area (Å²) in [6, 6.07) is 16.1. The summed E-state index contributed by atoms with van der Waals surface area (Å²) in [5.41, 5.74) is 1.79. The van der Waals surface area contributed by atoms with Crippen molar-refractivity contribution < 1.29 is 14.3 Å². The van der Waals surface area contributed by atoms with E-state index in [1.165, 1.54) is 6.07 Å². The van der Waals surface area contributed by atoms with E-state index in [1.807, 2.05) is 36.4 Å². The molecule has 4 nitrogen and oxygen atoms in total. The van der Waals surface area contributed by atoms with Gasteiger partial charge in [-0.3, -0.25) is 0 Å². The summed E-state index contributed by atoms with van der Waals surface area (Å²) in [5.74, 6) is -0.249. The van der Waals surface area contributed by atoms with Crippen molar-refractivity contribution in [1.82, 2.24) is 10.2 Å². The van der Waals surface area contributed by atoms with E-state index in [0.717, 1.165) is 24.0 Å². The zero-order valence-corrected chi connectivity index (χ0v) is 14.1. The third-order valence-corrected chi connectivity index (χ3v) is 4.74. The minimum absolute atomic E-state index is 0.0880. The van der Waals surface area contributed by atoms with Crippen molar-refractivity contribution in [2.75, 3.05) is 19.7 Å². The van der Waals surface area contributed by atoms with Gasteiger partial charge in [0.05, 0.1) is 6.61 Å². The molecule has 2 amide bonds. The van der Waals surface area contributed by atoms with Crippen LogP contribution >= 0.6 is 0 Å².